The van der Waals surface area contributed by atoms with Gasteiger partial charge >= 0.3 is 0 Å². The molecule has 2 aromatic heterocycles. The molecule has 0 unspecified atom stereocenters. The molecule has 1 aliphatic rings. The second-order valence-electron chi connectivity index (χ2n) is 7.59. The number of aromatic nitrogens is 4. The third kappa shape index (κ3) is 3.97. The summed E-state index contributed by atoms with van der Waals surface area (Å²) in [5.41, 5.74) is 2.10. The van der Waals surface area contributed by atoms with Gasteiger partial charge in [-0.05, 0) is 12.1 Å². The van der Waals surface area contributed by atoms with E-state index in [1.165, 1.54) is 4.52 Å². The molecule has 1 saturated heterocycles. The number of nitrogens with zero attached hydrogens (tertiary/aromatic N) is 5. The van der Waals surface area contributed by atoms with E-state index in [9.17, 15) is 9.59 Å². The Morgan fingerprint density at radius 1 is 0.903 bits per heavy atom. The van der Waals surface area contributed by atoms with Crippen molar-refractivity contribution in [2.75, 3.05) is 26.2 Å². The summed E-state index contributed by atoms with van der Waals surface area (Å²) in [5, 5.41) is 3.02. The molecule has 0 atom stereocenters. The fourth-order valence-corrected chi connectivity index (χ4v) is 3.83. The van der Waals surface area contributed by atoms with Gasteiger partial charge in [0.25, 0.3) is 17.2 Å². The van der Waals surface area contributed by atoms with E-state index in [2.05, 4.69) is 20.0 Å². The highest BCUT2D eigenvalue weighted by Crippen LogP contribution is 2.15. The van der Waals surface area contributed by atoms with Crippen molar-refractivity contribution >= 4 is 11.7 Å². The first kappa shape index (κ1) is 19.2. The van der Waals surface area contributed by atoms with Gasteiger partial charge in [0.15, 0.2) is 5.82 Å². The molecule has 156 valence electrons. The van der Waals surface area contributed by atoms with Crippen LogP contribution < -0.4 is 5.56 Å². The monoisotopic (exact) mass is 414 g/mol. The molecule has 1 aliphatic heterocycles. The Morgan fingerprint density at radius 3 is 2.29 bits per heavy atom. The first-order valence-electron chi connectivity index (χ1n) is 10.3. The molecule has 0 saturated carbocycles. The molecule has 0 bridgehead atoms. The lowest BCUT2D eigenvalue weighted by Crippen LogP contribution is -2.48. The number of nitrogens with one attached hydrogen (secondary N) is 1. The van der Waals surface area contributed by atoms with Crippen molar-refractivity contribution in [3.8, 4) is 11.4 Å². The molecule has 31 heavy (non-hydrogen) atoms. The Labute approximate surface area is 178 Å². The lowest BCUT2D eigenvalue weighted by atomic mass is 10.2. The van der Waals surface area contributed by atoms with E-state index in [1.54, 1.807) is 6.07 Å². The number of amides is 1. The maximum atomic E-state index is 12.6. The number of hydrogen-bond donors (Lipinski definition) is 1. The molecule has 0 radical (unpaired) electrons. The quantitative estimate of drug-likeness (QED) is 0.552. The maximum Gasteiger partial charge on any atom is 0.274 e. The first-order valence-corrected chi connectivity index (χ1v) is 10.3. The molecule has 0 aliphatic carbocycles. The van der Waals surface area contributed by atoms with Crippen LogP contribution in [-0.2, 0) is 6.54 Å². The van der Waals surface area contributed by atoms with Crippen LogP contribution in [-0.4, -0.2) is 61.5 Å². The van der Waals surface area contributed by atoms with Crippen molar-refractivity contribution in [1.82, 2.24) is 29.4 Å². The van der Waals surface area contributed by atoms with Crippen LogP contribution in [0.2, 0.25) is 0 Å². The van der Waals surface area contributed by atoms with Crippen molar-refractivity contribution in [2.45, 2.75) is 6.54 Å². The van der Waals surface area contributed by atoms with Crippen LogP contribution in [0.5, 0.6) is 0 Å². The lowest BCUT2D eigenvalue weighted by molar-refractivity contribution is 0.0627. The Balaban J connectivity index is 1.28. The molecular formula is C23H22N6O2. The average Bonchev–Trinajstić information content (AvgIpc) is 3.25. The Hall–Kier alpha value is -3.78. The van der Waals surface area contributed by atoms with Crippen LogP contribution in [0.1, 0.15) is 16.1 Å². The molecule has 2 aromatic carbocycles. The third-order valence-electron chi connectivity index (χ3n) is 5.50. The fourth-order valence-electron chi connectivity index (χ4n) is 3.83. The van der Waals surface area contributed by atoms with Gasteiger partial charge < -0.3 is 4.90 Å². The predicted octanol–water partition coefficient (Wildman–Crippen LogP) is 2.04. The fraction of sp³-hybridized carbons (Fsp3) is 0.217. The largest absolute Gasteiger partial charge is 0.336 e. The van der Waals surface area contributed by atoms with Crippen LogP contribution in [0.4, 0.5) is 0 Å². The van der Waals surface area contributed by atoms with E-state index in [1.807, 2.05) is 65.6 Å². The zero-order chi connectivity index (χ0) is 21.2. The third-order valence-corrected chi connectivity index (χ3v) is 5.50. The van der Waals surface area contributed by atoms with Crippen LogP contribution >= 0.6 is 0 Å². The highest BCUT2D eigenvalue weighted by Gasteiger charge is 2.22. The molecule has 8 nitrogen and oxygen atoms in total. The summed E-state index contributed by atoms with van der Waals surface area (Å²) in [6.45, 7) is 3.31. The van der Waals surface area contributed by atoms with E-state index >= 15 is 0 Å². The standard InChI is InChI=1S/C23H22N6O2/c30-20-15-19(24-23-25-21(26-29(20)23)17-7-3-1-4-8-17)16-27-11-13-28(14-12-27)22(31)18-9-5-2-6-10-18/h1-10,15H,11-14,16H2,(H,24,25,26). The second kappa shape index (κ2) is 8.16. The van der Waals surface area contributed by atoms with Crippen molar-refractivity contribution in [3.63, 3.8) is 0 Å². The Bertz CT molecular complexity index is 1260. The number of benzene rings is 2. The van der Waals surface area contributed by atoms with Crippen LogP contribution in [0.25, 0.3) is 17.2 Å². The highest BCUT2D eigenvalue weighted by atomic mass is 16.2. The van der Waals surface area contributed by atoms with Crippen LogP contribution in [0, 0.1) is 0 Å². The highest BCUT2D eigenvalue weighted by molar-refractivity contribution is 5.94. The number of piperazine rings is 1. The predicted molar refractivity (Wildman–Crippen MR) is 117 cm³/mol. The summed E-state index contributed by atoms with van der Waals surface area (Å²) in [6.07, 6.45) is 0. The van der Waals surface area contributed by atoms with Crippen molar-refractivity contribution < 1.29 is 4.79 Å². The number of carbonyl (C=O) groups excluding carboxylic acids is 1. The SMILES string of the molecule is O=C(c1ccccc1)N1CCN(Cc2cc(=O)n3[nH]c(-c4ccccc4)nc3n2)CC1. The number of rotatable bonds is 4. The summed E-state index contributed by atoms with van der Waals surface area (Å²) in [4.78, 5) is 38.3. The number of H-pyrrole nitrogens is 1. The molecule has 8 heteroatoms. The minimum Gasteiger partial charge on any atom is -0.336 e. The molecular weight excluding hydrogens is 392 g/mol. The molecule has 0 spiro atoms. The van der Waals surface area contributed by atoms with Crippen molar-refractivity contribution in [3.05, 3.63) is 88.3 Å². The van der Waals surface area contributed by atoms with Gasteiger partial charge in [0.05, 0.1) is 5.69 Å². The molecule has 5 rings (SSSR count). The summed E-state index contributed by atoms with van der Waals surface area (Å²) in [6, 6.07) is 20.5. The summed E-state index contributed by atoms with van der Waals surface area (Å²) >= 11 is 0. The molecule has 4 aromatic rings. The van der Waals surface area contributed by atoms with Gasteiger partial charge in [-0.2, -0.15) is 9.50 Å². The molecule has 1 fully saturated rings. The van der Waals surface area contributed by atoms with E-state index in [4.69, 9.17) is 0 Å². The normalized spacial score (nSPS) is 14.8. The van der Waals surface area contributed by atoms with Crippen LogP contribution in [0.3, 0.4) is 0 Å². The van der Waals surface area contributed by atoms with E-state index in [-0.39, 0.29) is 11.5 Å². The zero-order valence-corrected chi connectivity index (χ0v) is 16.9. The van der Waals surface area contributed by atoms with Gasteiger partial charge in [0.2, 0.25) is 0 Å². The number of aromatic amines is 1. The molecule has 1 N–H and O–H groups in total. The molecule has 3 heterocycles. The van der Waals surface area contributed by atoms with Crippen molar-refractivity contribution in [1.29, 1.82) is 0 Å². The van der Waals surface area contributed by atoms with Gasteiger partial charge in [-0.25, -0.2) is 4.98 Å². The van der Waals surface area contributed by atoms with Gasteiger partial charge in [-0.15, -0.1) is 0 Å². The number of hydrogen-bond acceptors (Lipinski definition) is 5. The Morgan fingerprint density at radius 2 is 1.58 bits per heavy atom. The molecule has 1 amide bonds. The summed E-state index contributed by atoms with van der Waals surface area (Å²) in [7, 11) is 0. The van der Waals surface area contributed by atoms with E-state index in [0.29, 0.717) is 42.5 Å². The minimum atomic E-state index is -0.187. The number of carbonyl (C=O) groups is 1. The first-order chi connectivity index (χ1) is 15.2. The smallest absolute Gasteiger partial charge is 0.274 e. The lowest BCUT2D eigenvalue weighted by Gasteiger charge is -2.34. The van der Waals surface area contributed by atoms with E-state index in [0.717, 1.165) is 18.7 Å². The zero-order valence-electron chi connectivity index (χ0n) is 16.9. The topological polar surface area (TPSA) is 86.6 Å². The summed E-state index contributed by atoms with van der Waals surface area (Å²) < 4.78 is 1.36. The average molecular weight is 414 g/mol. The summed E-state index contributed by atoms with van der Waals surface area (Å²) in [5.74, 6) is 1.03. The van der Waals surface area contributed by atoms with E-state index < -0.39 is 0 Å². The van der Waals surface area contributed by atoms with Gasteiger partial charge in [0, 0.05) is 49.9 Å². The Kier molecular flexibility index (Phi) is 5.05. The number of fused-ring (bicyclic) bond motifs is 1. The van der Waals surface area contributed by atoms with Gasteiger partial charge in [-0.3, -0.25) is 19.6 Å². The van der Waals surface area contributed by atoms with Crippen molar-refractivity contribution in [2.24, 2.45) is 0 Å². The van der Waals surface area contributed by atoms with Gasteiger partial charge in [0.1, 0.15) is 0 Å². The van der Waals surface area contributed by atoms with Crippen LogP contribution in [0.15, 0.2) is 71.5 Å². The second-order valence-corrected chi connectivity index (χ2v) is 7.59. The van der Waals surface area contributed by atoms with Gasteiger partial charge in [-0.1, -0.05) is 48.5 Å². The maximum absolute atomic E-state index is 12.6. The minimum absolute atomic E-state index is 0.0583.